The number of aryl methyl sites for hydroxylation is 1. The van der Waals surface area contributed by atoms with Crippen molar-refractivity contribution in [2.24, 2.45) is 5.92 Å². The third-order valence-electron chi connectivity index (χ3n) is 3.05. The summed E-state index contributed by atoms with van der Waals surface area (Å²) in [6.07, 6.45) is 3.37. The van der Waals surface area contributed by atoms with Gasteiger partial charge in [0.25, 0.3) is 0 Å². The molecule has 1 heterocycles. The Kier molecular flexibility index (Phi) is 2.91. The highest BCUT2D eigenvalue weighted by molar-refractivity contribution is 6.29. The Labute approximate surface area is 93.9 Å². The number of hydrogen-bond acceptors (Lipinski definition) is 2. The van der Waals surface area contributed by atoms with Gasteiger partial charge in [0.1, 0.15) is 5.82 Å². The first kappa shape index (κ1) is 10.8. The number of rotatable bonds is 1. The second-order valence-electron chi connectivity index (χ2n) is 4.39. The fourth-order valence-corrected chi connectivity index (χ4v) is 2.39. The third-order valence-corrected chi connectivity index (χ3v) is 3.30. The summed E-state index contributed by atoms with van der Waals surface area (Å²) in [5.41, 5.74) is 0.351. The van der Waals surface area contributed by atoms with E-state index in [4.69, 9.17) is 11.6 Å². The van der Waals surface area contributed by atoms with Crippen molar-refractivity contribution in [3.05, 3.63) is 22.5 Å². The van der Waals surface area contributed by atoms with Crippen LogP contribution < -0.4 is 0 Å². The molecule has 2 nitrogen and oxygen atoms in total. The van der Waals surface area contributed by atoms with Crippen molar-refractivity contribution in [1.29, 1.82) is 0 Å². The Hall–Kier alpha value is -0.700. The van der Waals surface area contributed by atoms with Crippen LogP contribution in [0.15, 0.2) is 0 Å². The van der Waals surface area contributed by atoms with Gasteiger partial charge >= 0.3 is 0 Å². The molecule has 0 saturated heterocycles. The van der Waals surface area contributed by atoms with Gasteiger partial charge in [-0.2, -0.15) is 0 Å². The molecule has 0 radical (unpaired) electrons. The Morgan fingerprint density at radius 1 is 1.33 bits per heavy atom. The van der Waals surface area contributed by atoms with Crippen molar-refractivity contribution in [3.63, 3.8) is 0 Å². The Balaban J connectivity index is 2.29. The van der Waals surface area contributed by atoms with Gasteiger partial charge in [-0.1, -0.05) is 18.5 Å². The molecular weight excluding hydrogens is 215 g/mol. The van der Waals surface area contributed by atoms with Gasteiger partial charge in [-0.3, -0.25) is 0 Å². The number of nitrogens with zero attached hydrogens (tertiary/aromatic N) is 2. The van der Waals surface area contributed by atoms with Crippen molar-refractivity contribution in [2.75, 3.05) is 0 Å². The summed E-state index contributed by atoms with van der Waals surface area (Å²) < 4.78 is 13.2. The molecule has 0 amide bonds. The zero-order valence-electron chi connectivity index (χ0n) is 8.93. The normalized spacial score (nSPS) is 25.9. The fourth-order valence-electron chi connectivity index (χ4n) is 2.17. The van der Waals surface area contributed by atoms with E-state index in [1.54, 1.807) is 6.92 Å². The van der Waals surface area contributed by atoms with Crippen LogP contribution in [0, 0.1) is 18.7 Å². The molecule has 2 rings (SSSR count). The van der Waals surface area contributed by atoms with Crippen molar-refractivity contribution in [2.45, 2.75) is 39.0 Å². The lowest BCUT2D eigenvalue weighted by molar-refractivity contribution is 0.565. The Morgan fingerprint density at radius 2 is 2.07 bits per heavy atom. The zero-order chi connectivity index (χ0) is 11.0. The maximum atomic E-state index is 13.2. The second kappa shape index (κ2) is 4.05. The highest BCUT2D eigenvalue weighted by atomic mass is 35.5. The minimum absolute atomic E-state index is 0.0444. The van der Waals surface area contributed by atoms with Gasteiger partial charge < -0.3 is 0 Å². The van der Waals surface area contributed by atoms with Crippen molar-refractivity contribution in [1.82, 2.24) is 9.97 Å². The first-order chi connectivity index (χ1) is 7.08. The molecule has 1 aromatic rings. The SMILES string of the molecule is Cc1nc(C2CCC(C)C2)nc(Cl)c1F. The van der Waals surface area contributed by atoms with Crippen LogP contribution in [0.2, 0.25) is 5.15 Å². The van der Waals surface area contributed by atoms with E-state index in [0.29, 0.717) is 23.4 Å². The lowest BCUT2D eigenvalue weighted by Crippen LogP contribution is -2.05. The molecule has 82 valence electrons. The predicted molar refractivity (Wildman–Crippen MR) is 57.5 cm³/mol. The molecular formula is C11H14ClFN2. The van der Waals surface area contributed by atoms with Crippen LogP contribution in [0.5, 0.6) is 0 Å². The van der Waals surface area contributed by atoms with E-state index in [0.717, 1.165) is 12.8 Å². The quantitative estimate of drug-likeness (QED) is 0.688. The molecule has 4 heteroatoms. The molecule has 0 N–H and O–H groups in total. The number of hydrogen-bond donors (Lipinski definition) is 0. The van der Waals surface area contributed by atoms with Crippen LogP contribution in [0.3, 0.4) is 0 Å². The molecule has 0 aromatic carbocycles. The summed E-state index contributed by atoms with van der Waals surface area (Å²) in [5.74, 6) is 1.29. The Morgan fingerprint density at radius 3 is 2.60 bits per heavy atom. The first-order valence-corrected chi connectivity index (χ1v) is 5.65. The van der Waals surface area contributed by atoms with Crippen LogP contribution >= 0.6 is 11.6 Å². The van der Waals surface area contributed by atoms with E-state index < -0.39 is 5.82 Å². The fraction of sp³-hybridized carbons (Fsp3) is 0.636. The molecule has 0 bridgehead atoms. The lowest BCUT2D eigenvalue weighted by atomic mass is 10.1. The topological polar surface area (TPSA) is 25.8 Å². The van der Waals surface area contributed by atoms with E-state index in [1.165, 1.54) is 6.42 Å². The van der Waals surface area contributed by atoms with Gasteiger partial charge in [-0.25, -0.2) is 14.4 Å². The standard InChI is InChI=1S/C11H14ClFN2/c1-6-3-4-8(5-6)11-14-7(2)9(13)10(12)15-11/h6,8H,3-5H2,1-2H3. The molecule has 2 unspecified atom stereocenters. The summed E-state index contributed by atoms with van der Waals surface area (Å²) in [6.45, 7) is 3.85. The molecule has 1 aliphatic carbocycles. The van der Waals surface area contributed by atoms with Crippen molar-refractivity contribution < 1.29 is 4.39 Å². The zero-order valence-corrected chi connectivity index (χ0v) is 9.68. The predicted octanol–water partition coefficient (Wildman–Crippen LogP) is 3.48. The summed E-state index contributed by atoms with van der Waals surface area (Å²) in [5, 5.41) is -0.0444. The molecule has 0 spiro atoms. The van der Waals surface area contributed by atoms with Gasteiger partial charge in [-0.15, -0.1) is 0 Å². The van der Waals surface area contributed by atoms with E-state index in [-0.39, 0.29) is 5.15 Å². The minimum Gasteiger partial charge on any atom is -0.235 e. The largest absolute Gasteiger partial charge is 0.235 e. The van der Waals surface area contributed by atoms with Crippen LogP contribution in [-0.2, 0) is 0 Å². The summed E-state index contributed by atoms with van der Waals surface area (Å²) in [7, 11) is 0. The van der Waals surface area contributed by atoms with Gasteiger partial charge in [0.15, 0.2) is 11.0 Å². The summed E-state index contributed by atoms with van der Waals surface area (Å²) in [4.78, 5) is 8.21. The number of aromatic nitrogens is 2. The number of halogens is 2. The monoisotopic (exact) mass is 228 g/mol. The molecule has 1 saturated carbocycles. The van der Waals surface area contributed by atoms with Crippen LogP contribution in [0.25, 0.3) is 0 Å². The molecule has 0 aliphatic heterocycles. The highest BCUT2D eigenvalue weighted by Gasteiger charge is 2.26. The van der Waals surface area contributed by atoms with E-state index in [2.05, 4.69) is 16.9 Å². The Bertz CT molecular complexity index is 358. The highest BCUT2D eigenvalue weighted by Crippen LogP contribution is 2.36. The average Bonchev–Trinajstić information content (AvgIpc) is 2.60. The van der Waals surface area contributed by atoms with Crippen LogP contribution in [-0.4, -0.2) is 9.97 Å². The van der Waals surface area contributed by atoms with Crippen LogP contribution in [0.4, 0.5) is 4.39 Å². The van der Waals surface area contributed by atoms with Gasteiger partial charge in [0.05, 0.1) is 5.69 Å². The first-order valence-electron chi connectivity index (χ1n) is 5.27. The third kappa shape index (κ3) is 2.12. The molecule has 2 atom stereocenters. The van der Waals surface area contributed by atoms with Crippen molar-refractivity contribution >= 4 is 11.6 Å². The van der Waals surface area contributed by atoms with E-state index >= 15 is 0 Å². The van der Waals surface area contributed by atoms with E-state index in [9.17, 15) is 4.39 Å². The van der Waals surface area contributed by atoms with Crippen LogP contribution in [0.1, 0.15) is 43.6 Å². The van der Waals surface area contributed by atoms with Gasteiger partial charge in [0, 0.05) is 5.92 Å². The summed E-state index contributed by atoms with van der Waals surface area (Å²) in [6, 6.07) is 0. The minimum atomic E-state index is -0.494. The molecule has 1 fully saturated rings. The second-order valence-corrected chi connectivity index (χ2v) is 4.75. The maximum absolute atomic E-state index is 13.2. The average molecular weight is 229 g/mol. The molecule has 15 heavy (non-hydrogen) atoms. The van der Waals surface area contributed by atoms with E-state index in [1.807, 2.05) is 0 Å². The van der Waals surface area contributed by atoms with Crippen molar-refractivity contribution in [3.8, 4) is 0 Å². The smallest absolute Gasteiger partial charge is 0.181 e. The molecule has 1 aromatic heterocycles. The van der Waals surface area contributed by atoms with Gasteiger partial charge in [-0.05, 0) is 32.1 Å². The lowest BCUT2D eigenvalue weighted by Gasteiger charge is -2.09. The van der Waals surface area contributed by atoms with Gasteiger partial charge in [0.2, 0.25) is 0 Å². The maximum Gasteiger partial charge on any atom is 0.181 e. The molecule has 1 aliphatic rings. The summed E-state index contributed by atoms with van der Waals surface area (Å²) >= 11 is 5.71.